The summed E-state index contributed by atoms with van der Waals surface area (Å²) in [5, 5.41) is 9.37. The first-order valence-corrected chi connectivity index (χ1v) is 3.38. The molecule has 2 nitrogen and oxygen atoms in total. The Kier molecular flexibility index (Phi) is 2.25. The normalized spacial score (nSPS) is 33.2. The number of ether oxygens (including phenoxy) is 1. The minimum absolute atomic E-state index is 0.0991. The third-order valence-corrected chi connectivity index (χ3v) is 1.70. The van der Waals surface area contributed by atoms with Gasteiger partial charge >= 0.3 is 0 Å². The fraction of sp³-hybridized carbons (Fsp3) is 0.500. The van der Waals surface area contributed by atoms with Gasteiger partial charge in [0, 0.05) is 0 Å². The Bertz CT molecular complexity index is 161. The summed E-state index contributed by atoms with van der Waals surface area (Å²) in [6.45, 7) is 6.02. The van der Waals surface area contributed by atoms with Crippen LogP contribution in [0.5, 0.6) is 0 Å². The van der Waals surface area contributed by atoms with Crippen molar-refractivity contribution in [2.75, 3.05) is 6.61 Å². The minimum Gasteiger partial charge on any atom is -0.386 e. The Labute approximate surface area is 60.8 Å². The maximum Gasteiger partial charge on any atom is 0.105 e. The molecule has 0 aliphatic carbocycles. The molecule has 1 rings (SSSR count). The van der Waals surface area contributed by atoms with Gasteiger partial charge in [-0.2, -0.15) is 0 Å². The van der Waals surface area contributed by atoms with Gasteiger partial charge in [-0.1, -0.05) is 18.7 Å². The predicted octanol–water partition coefficient (Wildman–Crippen LogP) is 0.878. The molecule has 1 N–H and O–H groups in total. The number of hydrogen-bond acceptors (Lipinski definition) is 2. The van der Waals surface area contributed by atoms with E-state index in [4.69, 9.17) is 4.74 Å². The smallest absolute Gasteiger partial charge is 0.105 e. The van der Waals surface area contributed by atoms with Crippen LogP contribution in [-0.4, -0.2) is 23.9 Å². The van der Waals surface area contributed by atoms with E-state index in [1.54, 1.807) is 6.08 Å². The summed E-state index contributed by atoms with van der Waals surface area (Å²) >= 11 is 0. The van der Waals surface area contributed by atoms with Gasteiger partial charge in [-0.05, 0) is 12.5 Å². The molecule has 1 heterocycles. The van der Waals surface area contributed by atoms with E-state index < -0.39 is 6.10 Å². The van der Waals surface area contributed by atoms with E-state index in [9.17, 15) is 5.11 Å². The van der Waals surface area contributed by atoms with Crippen molar-refractivity contribution in [3.63, 3.8) is 0 Å². The van der Waals surface area contributed by atoms with E-state index in [2.05, 4.69) is 6.58 Å². The molecular formula is C8H12O2. The molecule has 10 heavy (non-hydrogen) atoms. The maximum absolute atomic E-state index is 9.37. The first kappa shape index (κ1) is 7.51. The average molecular weight is 140 g/mol. The van der Waals surface area contributed by atoms with Gasteiger partial charge in [0.25, 0.3) is 0 Å². The second-order valence-electron chi connectivity index (χ2n) is 2.39. The van der Waals surface area contributed by atoms with Crippen molar-refractivity contribution in [2.45, 2.75) is 19.1 Å². The van der Waals surface area contributed by atoms with Gasteiger partial charge in [0.15, 0.2) is 0 Å². The highest BCUT2D eigenvalue weighted by molar-refractivity contribution is 5.23. The SMILES string of the molecule is C=CC1=CCO[C@@H](C)[C@H]1O. The van der Waals surface area contributed by atoms with Gasteiger partial charge in [0.2, 0.25) is 0 Å². The standard InChI is InChI=1S/C8H12O2/c1-3-7-4-5-10-6(2)8(7)9/h3-4,6,8-9H,1,5H2,2H3/t6-,8+/m0/s1. The third kappa shape index (κ3) is 1.28. The molecule has 0 radical (unpaired) electrons. The zero-order chi connectivity index (χ0) is 7.56. The second kappa shape index (κ2) is 2.99. The third-order valence-electron chi connectivity index (χ3n) is 1.70. The lowest BCUT2D eigenvalue weighted by molar-refractivity contribution is -0.00828. The molecule has 56 valence electrons. The Morgan fingerprint density at radius 1 is 1.90 bits per heavy atom. The summed E-state index contributed by atoms with van der Waals surface area (Å²) in [5.74, 6) is 0. The van der Waals surface area contributed by atoms with E-state index >= 15 is 0 Å². The van der Waals surface area contributed by atoms with Crippen molar-refractivity contribution in [2.24, 2.45) is 0 Å². The van der Waals surface area contributed by atoms with Crippen molar-refractivity contribution < 1.29 is 9.84 Å². The zero-order valence-corrected chi connectivity index (χ0v) is 6.08. The molecule has 0 saturated heterocycles. The molecule has 0 amide bonds. The summed E-state index contributed by atoms with van der Waals surface area (Å²) in [6, 6.07) is 0. The van der Waals surface area contributed by atoms with Crippen LogP contribution >= 0.6 is 0 Å². The van der Waals surface area contributed by atoms with Gasteiger partial charge < -0.3 is 9.84 Å². The molecule has 0 fully saturated rings. The van der Waals surface area contributed by atoms with Crippen molar-refractivity contribution in [3.8, 4) is 0 Å². The van der Waals surface area contributed by atoms with E-state index in [0.29, 0.717) is 6.61 Å². The number of rotatable bonds is 1. The molecule has 0 unspecified atom stereocenters. The minimum atomic E-state index is -0.494. The molecule has 0 aromatic heterocycles. The van der Waals surface area contributed by atoms with Gasteiger partial charge in [-0.15, -0.1) is 0 Å². The summed E-state index contributed by atoms with van der Waals surface area (Å²) in [4.78, 5) is 0. The Morgan fingerprint density at radius 3 is 3.10 bits per heavy atom. The molecule has 0 aromatic carbocycles. The monoisotopic (exact) mass is 140 g/mol. The predicted molar refractivity (Wildman–Crippen MR) is 39.7 cm³/mol. The number of aliphatic hydroxyl groups is 1. The molecule has 0 spiro atoms. The molecule has 0 saturated carbocycles. The van der Waals surface area contributed by atoms with E-state index in [1.165, 1.54) is 0 Å². The lowest BCUT2D eigenvalue weighted by atomic mass is 10.0. The molecule has 1 aliphatic heterocycles. The fourth-order valence-corrected chi connectivity index (χ4v) is 0.983. The van der Waals surface area contributed by atoms with Crippen molar-refractivity contribution in [3.05, 3.63) is 24.3 Å². The summed E-state index contributed by atoms with van der Waals surface area (Å²) in [6.07, 6.45) is 2.92. The van der Waals surface area contributed by atoms with Gasteiger partial charge in [-0.25, -0.2) is 0 Å². The average Bonchev–Trinajstić information content (AvgIpc) is 1.95. The van der Waals surface area contributed by atoms with Crippen LogP contribution in [0, 0.1) is 0 Å². The van der Waals surface area contributed by atoms with Crippen LogP contribution in [0.25, 0.3) is 0 Å². The van der Waals surface area contributed by atoms with Crippen LogP contribution in [0.1, 0.15) is 6.92 Å². The van der Waals surface area contributed by atoms with Crippen LogP contribution in [0.3, 0.4) is 0 Å². The Hall–Kier alpha value is -0.600. The topological polar surface area (TPSA) is 29.5 Å². The van der Waals surface area contributed by atoms with Crippen molar-refractivity contribution >= 4 is 0 Å². The van der Waals surface area contributed by atoms with E-state index in [-0.39, 0.29) is 6.10 Å². The Morgan fingerprint density at radius 2 is 2.60 bits per heavy atom. The van der Waals surface area contributed by atoms with Crippen LogP contribution < -0.4 is 0 Å². The van der Waals surface area contributed by atoms with Crippen molar-refractivity contribution in [1.29, 1.82) is 0 Å². The molecule has 0 aromatic rings. The highest BCUT2D eigenvalue weighted by atomic mass is 16.5. The lowest BCUT2D eigenvalue weighted by Gasteiger charge is -2.24. The largest absolute Gasteiger partial charge is 0.386 e. The molecule has 2 atom stereocenters. The van der Waals surface area contributed by atoms with E-state index in [1.807, 2.05) is 13.0 Å². The van der Waals surface area contributed by atoms with Gasteiger partial charge in [-0.3, -0.25) is 0 Å². The summed E-state index contributed by atoms with van der Waals surface area (Å²) in [7, 11) is 0. The van der Waals surface area contributed by atoms with Crippen LogP contribution in [-0.2, 0) is 4.74 Å². The highest BCUT2D eigenvalue weighted by Gasteiger charge is 2.20. The van der Waals surface area contributed by atoms with Gasteiger partial charge in [0.05, 0.1) is 12.7 Å². The molecular weight excluding hydrogens is 128 g/mol. The molecule has 1 aliphatic rings. The van der Waals surface area contributed by atoms with Crippen LogP contribution in [0.4, 0.5) is 0 Å². The van der Waals surface area contributed by atoms with Crippen LogP contribution in [0.2, 0.25) is 0 Å². The Balaban J connectivity index is 2.71. The first-order valence-electron chi connectivity index (χ1n) is 3.38. The summed E-state index contributed by atoms with van der Waals surface area (Å²) < 4.78 is 5.15. The highest BCUT2D eigenvalue weighted by Crippen LogP contribution is 2.15. The van der Waals surface area contributed by atoms with Gasteiger partial charge in [0.1, 0.15) is 6.10 Å². The molecule has 0 bridgehead atoms. The fourth-order valence-electron chi connectivity index (χ4n) is 0.983. The first-order chi connectivity index (χ1) is 4.75. The maximum atomic E-state index is 9.37. The second-order valence-corrected chi connectivity index (χ2v) is 2.39. The van der Waals surface area contributed by atoms with Crippen LogP contribution in [0.15, 0.2) is 24.3 Å². The zero-order valence-electron chi connectivity index (χ0n) is 6.08. The lowest BCUT2D eigenvalue weighted by Crippen LogP contribution is -2.31. The molecule has 2 heteroatoms. The number of hydrogen-bond donors (Lipinski definition) is 1. The van der Waals surface area contributed by atoms with E-state index in [0.717, 1.165) is 5.57 Å². The number of aliphatic hydroxyl groups excluding tert-OH is 1. The van der Waals surface area contributed by atoms with Crippen molar-refractivity contribution in [1.82, 2.24) is 0 Å². The quantitative estimate of drug-likeness (QED) is 0.585. The summed E-state index contributed by atoms with van der Waals surface area (Å²) in [5.41, 5.74) is 0.874.